The molecule has 0 aliphatic heterocycles. The van der Waals surface area contributed by atoms with E-state index in [1.165, 1.54) is 33.4 Å². The molecule has 0 amide bonds. The van der Waals surface area contributed by atoms with Crippen molar-refractivity contribution in [3.8, 4) is 0 Å². The van der Waals surface area contributed by atoms with Gasteiger partial charge in [0.15, 0.2) is 0 Å². The van der Waals surface area contributed by atoms with E-state index < -0.39 is 0 Å². The average molecular weight is 951 g/mol. The second kappa shape index (κ2) is 19.1. The summed E-state index contributed by atoms with van der Waals surface area (Å²) in [4.78, 5) is 7.10. The van der Waals surface area contributed by atoms with Gasteiger partial charge >= 0.3 is 0 Å². The molecule has 0 radical (unpaired) electrons. The van der Waals surface area contributed by atoms with Gasteiger partial charge in [-0.3, -0.25) is 0 Å². The van der Waals surface area contributed by atoms with Gasteiger partial charge in [0.05, 0.1) is 22.1 Å². The van der Waals surface area contributed by atoms with E-state index in [1.807, 2.05) is 0 Å². The molecule has 7 rings (SSSR count). The van der Waals surface area contributed by atoms with Crippen molar-refractivity contribution in [2.45, 2.75) is 157 Å². The highest BCUT2D eigenvalue weighted by atomic mass is 35.5. The number of anilines is 9. The maximum atomic E-state index is 8.22. The first-order valence-corrected chi connectivity index (χ1v) is 25.7. The molecule has 366 valence electrons. The smallest absolute Gasteiger partial charge is 0.0888 e. The number of nitrogens with zero attached hydrogens (tertiary/aromatic N) is 3. The van der Waals surface area contributed by atoms with Crippen LogP contribution in [0.25, 0.3) is 0 Å². The van der Waals surface area contributed by atoms with Crippen molar-refractivity contribution in [3.05, 3.63) is 196 Å². The lowest BCUT2D eigenvalue weighted by Gasteiger charge is -2.35. The monoisotopic (exact) mass is 950 g/mol. The standard InChI is InChI=1S/C66H80ClN3/c1-61(2,3)45-19-31-51(32-20-45)68(52-33-21-46(22-34-52)62(4,5)6)57-43-58(69(53-35-23-47(24-36-53)63(7,8)9)54-37-25-48(26-38-54)64(10,11)12)60(67)59(44-57)70(55-39-27-49(28-40-55)65(13,14)15)56-41-29-50(30-42-56)66(16,17)18/h19-44H,1-18H3. The molecule has 3 nitrogen and oxygen atoms in total. The molecule has 0 fully saturated rings. The summed E-state index contributed by atoms with van der Waals surface area (Å²) in [5.41, 5.74) is 16.5. The second-order valence-corrected chi connectivity index (χ2v) is 26.0. The van der Waals surface area contributed by atoms with Crippen molar-refractivity contribution in [1.82, 2.24) is 0 Å². The van der Waals surface area contributed by atoms with Crippen LogP contribution in [0.4, 0.5) is 51.2 Å². The molecule has 7 aromatic rings. The maximum Gasteiger partial charge on any atom is 0.0888 e. The van der Waals surface area contributed by atoms with Gasteiger partial charge in [-0.1, -0.05) is 209 Å². The SMILES string of the molecule is CC(C)(C)c1ccc(N(c2ccc(C(C)(C)C)cc2)c2cc(N(c3ccc(C(C)(C)C)cc3)c3ccc(C(C)(C)C)cc3)c(Cl)c(N(c3ccc(C(C)(C)C)cc3)c3ccc(C(C)(C)C)cc3)c2)cc1. The van der Waals surface area contributed by atoms with Crippen molar-refractivity contribution >= 4 is 62.8 Å². The lowest BCUT2D eigenvalue weighted by Crippen LogP contribution is -2.19. The van der Waals surface area contributed by atoms with Crippen LogP contribution in [0, 0.1) is 0 Å². The van der Waals surface area contributed by atoms with Gasteiger partial charge in [-0.15, -0.1) is 0 Å². The Bertz CT molecular complexity index is 2550. The summed E-state index contributed by atoms with van der Waals surface area (Å²) in [7, 11) is 0. The Morgan fingerprint density at radius 1 is 0.229 bits per heavy atom. The lowest BCUT2D eigenvalue weighted by atomic mass is 9.86. The molecule has 0 aliphatic rings. The second-order valence-electron chi connectivity index (χ2n) is 25.6. The van der Waals surface area contributed by atoms with Crippen LogP contribution in [-0.4, -0.2) is 0 Å². The number of rotatable bonds is 9. The molecule has 0 N–H and O–H groups in total. The Labute approximate surface area is 428 Å². The Kier molecular flexibility index (Phi) is 14.2. The number of hydrogen-bond acceptors (Lipinski definition) is 3. The fraction of sp³-hybridized carbons (Fsp3) is 0.364. The normalized spacial score (nSPS) is 12.8. The highest BCUT2D eigenvalue weighted by Gasteiger charge is 2.29. The zero-order valence-corrected chi connectivity index (χ0v) is 46.5. The van der Waals surface area contributed by atoms with Gasteiger partial charge in [0.2, 0.25) is 0 Å². The number of benzene rings is 7. The molecule has 0 atom stereocenters. The summed E-state index contributed by atoms with van der Waals surface area (Å²) >= 11 is 8.22. The van der Waals surface area contributed by atoms with Crippen molar-refractivity contribution < 1.29 is 0 Å². The Morgan fingerprint density at radius 3 is 0.543 bits per heavy atom. The Morgan fingerprint density at radius 2 is 0.386 bits per heavy atom. The highest BCUT2D eigenvalue weighted by molar-refractivity contribution is 6.37. The first kappa shape index (κ1) is 52.1. The molecule has 0 heterocycles. The molecule has 0 saturated heterocycles. The molecule has 4 heteroatoms. The molecule has 0 aromatic heterocycles. The van der Waals surface area contributed by atoms with Gasteiger partial charge in [0, 0.05) is 34.1 Å². The van der Waals surface area contributed by atoms with E-state index in [0.717, 1.165) is 51.2 Å². The quantitative estimate of drug-likeness (QED) is 0.143. The van der Waals surface area contributed by atoms with Crippen molar-refractivity contribution in [3.63, 3.8) is 0 Å². The summed E-state index contributed by atoms with van der Waals surface area (Å²) in [6.07, 6.45) is 0. The first-order chi connectivity index (χ1) is 32.4. The third-order valence-electron chi connectivity index (χ3n) is 13.7. The zero-order valence-electron chi connectivity index (χ0n) is 45.7. The fourth-order valence-electron chi connectivity index (χ4n) is 9.00. The number of hydrogen-bond donors (Lipinski definition) is 0. The van der Waals surface area contributed by atoms with Gasteiger partial charge in [-0.25, -0.2) is 0 Å². The van der Waals surface area contributed by atoms with E-state index in [4.69, 9.17) is 11.6 Å². The molecule has 0 saturated carbocycles. The van der Waals surface area contributed by atoms with E-state index in [1.54, 1.807) is 0 Å². The fourth-order valence-corrected chi connectivity index (χ4v) is 9.28. The minimum atomic E-state index is -0.0143. The molecule has 0 bridgehead atoms. The van der Waals surface area contributed by atoms with Gasteiger partial charge in [-0.05, 0) is 151 Å². The van der Waals surface area contributed by atoms with Crippen LogP contribution in [0.15, 0.2) is 158 Å². The molecule has 7 aromatic carbocycles. The van der Waals surface area contributed by atoms with Crippen molar-refractivity contribution in [2.24, 2.45) is 0 Å². The molecular formula is C66H80ClN3. The average Bonchev–Trinajstić information content (AvgIpc) is 3.27. The van der Waals surface area contributed by atoms with Gasteiger partial charge in [-0.2, -0.15) is 0 Å². The summed E-state index contributed by atoms with van der Waals surface area (Å²) in [6.45, 7) is 40.9. The van der Waals surface area contributed by atoms with Crippen LogP contribution in [0.3, 0.4) is 0 Å². The van der Waals surface area contributed by atoms with Crippen LogP contribution in [-0.2, 0) is 32.5 Å². The lowest BCUT2D eigenvalue weighted by molar-refractivity contribution is 0.590. The summed E-state index contributed by atoms with van der Waals surface area (Å²) in [6, 6.07) is 59.0. The zero-order chi connectivity index (χ0) is 51.4. The largest absolute Gasteiger partial charge is 0.310 e. The molecule has 70 heavy (non-hydrogen) atoms. The van der Waals surface area contributed by atoms with Gasteiger partial charge in [0.25, 0.3) is 0 Å². The topological polar surface area (TPSA) is 9.72 Å². The molecule has 0 unspecified atom stereocenters. The molecule has 0 spiro atoms. The van der Waals surface area contributed by atoms with Crippen LogP contribution < -0.4 is 14.7 Å². The van der Waals surface area contributed by atoms with Crippen molar-refractivity contribution in [2.75, 3.05) is 14.7 Å². The Balaban J connectivity index is 1.61. The third kappa shape index (κ3) is 11.5. The van der Waals surface area contributed by atoms with Crippen LogP contribution in [0.2, 0.25) is 5.02 Å². The molecule has 0 aliphatic carbocycles. The van der Waals surface area contributed by atoms with Crippen molar-refractivity contribution in [1.29, 1.82) is 0 Å². The van der Waals surface area contributed by atoms with E-state index >= 15 is 0 Å². The van der Waals surface area contributed by atoms with E-state index in [0.29, 0.717) is 5.02 Å². The predicted octanol–water partition coefficient (Wildman–Crippen LogP) is 20.5. The minimum Gasteiger partial charge on any atom is -0.310 e. The maximum absolute atomic E-state index is 8.22. The summed E-state index contributed by atoms with van der Waals surface area (Å²) in [5.74, 6) is 0. The number of halogens is 1. The van der Waals surface area contributed by atoms with E-state index in [-0.39, 0.29) is 32.5 Å². The Hall–Kier alpha value is -5.77. The summed E-state index contributed by atoms with van der Waals surface area (Å²) < 4.78 is 0. The van der Waals surface area contributed by atoms with Gasteiger partial charge in [0.1, 0.15) is 0 Å². The highest BCUT2D eigenvalue weighted by Crippen LogP contribution is 2.52. The summed E-state index contributed by atoms with van der Waals surface area (Å²) in [5, 5.41) is 0.634. The third-order valence-corrected chi connectivity index (χ3v) is 14.1. The van der Waals surface area contributed by atoms with Crippen LogP contribution in [0.1, 0.15) is 158 Å². The van der Waals surface area contributed by atoms with Crippen LogP contribution in [0.5, 0.6) is 0 Å². The predicted molar refractivity (Wildman–Crippen MR) is 308 cm³/mol. The van der Waals surface area contributed by atoms with E-state index in [2.05, 4.69) is 297 Å². The first-order valence-electron chi connectivity index (χ1n) is 25.3. The minimum absolute atomic E-state index is 0.00448. The molecular weight excluding hydrogens is 870 g/mol. The van der Waals surface area contributed by atoms with Crippen LogP contribution >= 0.6 is 11.6 Å². The van der Waals surface area contributed by atoms with Gasteiger partial charge < -0.3 is 14.7 Å². The van der Waals surface area contributed by atoms with E-state index in [9.17, 15) is 0 Å².